The monoisotopic (exact) mass is 661 g/mol. The predicted molar refractivity (Wildman–Crippen MR) is 188 cm³/mol. The van der Waals surface area contributed by atoms with Crippen LogP contribution in [-0.4, -0.2) is 44.3 Å². The van der Waals surface area contributed by atoms with Crippen LogP contribution in [0, 0.1) is 6.92 Å². The van der Waals surface area contributed by atoms with E-state index >= 15 is 0 Å². The number of carbonyl (C=O) groups excluding carboxylic acids is 2. The Morgan fingerprint density at radius 2 is 1.31 bits per heavy atom. The topological polar surface area (TPSA) is 96.0 Å². The van der Waals surface area contributed by atoms with Gasteiger partial charge < -0.3 is 15.0 Å². The highest BCUT2D eigenvalue weighted by Gasteiger charge is 2.34. The molecule has 9 heteroatoms. The molecule has 5 rings (SSSR count). The van der Waals surface area contributed by atoms with Gasteiger partial charge in [0, 0.05) is 19.5 Å². The van der Waals surface area contributed by atoms with E-state index in [4.69, 9.17) is 4.74 Å². The molecule has 48 heavy (non-hydrogen) atoms. The van der Waals surface area contributed by atoms with E-state index in [-0.39, 0.29) is 29.5 Å². The second-order valence-electron chi connectivity index (χ2n) is 11.3. The van der Waals surface area contributed by atoms with Crippen LogP contribution in [0.1, 0.15) is 23.6 Å². The zero-order valence-corrected chi connectivity index (χ0v) is 27.8. The maximum absolute atomic E-state index is 14.6. The fourth-order valence-corrected chi connectivity index (χ4v) is 6.84. The number of aryl methyl sites for hydroxylation is 1. The molecule has 1 atom stereocenters. The molecule has 0 bridgehead atoms. The Kier molecular flexibility index (Phi) is 11.3. The van der Waals surface area contributed by atoms with E-state index in [0.717, 1.165) is 21.0 Å². The molecule has 0 heterocycles. The number of anilines is 1. The predicted octanol–water partition coefficient (Wildman–Crippen LogP) is 6.76. The third-order valence-corrected chi connectivity index (χ3v) is 9.56. The highest BCUT2D eigenvalue weighted by atomic mass is 32.2. The van der Waals surface area contributed by atoms with Crippen molar-refractivity contribution >= 4 is 27.5 Å². The van der Waals surface area contributed by atoms with Gasteiger partial charge in [-0.1, -0.05) is 96.6 Å². The van der Waals surface area contributed by atoms with Gasteiger partial charge >= 0.3 is 0 Å². The lowest BCUT2D eigenvalue weighted by atomic mass is 10.0. The number of rotatable bonds is 14. The van der Waals surface area contributed by atoms with E-state index in [1.165, 1.54) is 17.0 Å². The van der Waals surface area contributed by atoms with Gasteiger partial charge in [0.05, 0.1) is 10.6 Å². The number of amides is 2. The highest BCUT2D eigenvalue weighted by Crippen LogP contribution is 2.29. The largest absolute Gasteiger partial charge is 0.457 e. The molecular weight excluding hydrogens is 623 g/mol. The van der Waals surface area contributed by atoms with Gasteiger partial charge in [-0.05, 0) is 73.5 Å². The number of para-hydroxylation sites is 1. The van der Waals surface area contributed by atoms with Crippen LogP contribution in [0.5, 0.6) is 11.5 Å². The molecule has 0 unspecified atom stereocenters. The Hall–Kier alpha value is -5.41. The summed E-state index contributed by atoms with van der Waals surface area (Å²) < 4.78 is 35.4. The van der Waals surface area contributed by atoms with E-state index < -0.39 is 28.5 Å². The lowest BCUT2D eigenvalue weighted by molar-refractivity contribution is -0.140. The Balaban J connectivity index is 1.54. The standard InChI is InChI=1S/C39H39N3O5S/c1-3-40-39(44)37(27-31-15-7-4-8-16-31)41(28-32-17-13-14-30(2)26-32)38(43)29-42(48(45,46)36-20-11-6-12-21-36)33-22-24-35(25-23-33)47-34-18-9-5-10-19-34/h4-26,37H,3,27-29H2,1-2H3,(H,40,44)/t37-/m0/s1. The first-order valence-electron chi connectivity index (χ1n) is 15.8. The third-order valence-electron chi connectivity index (χ3n) is 7.77. The Morgan fingerprint density at radius 3 is 1.94 bits per heavy atom. The molecule has 0 aliphatic heterocycles. The summed E-state index contributed by atoms with van der Waals surface area (Å²) in [4.78, 5) is 29.8. The number of nitrogens with zero attached hydrogens (tertiary/aromatic N) is 2. The summed E-state index contributed by atoms with van der Waals surface area (Å²) in [6, 6.07) is 40.1. The molecule has 5 aromatic rings. The molecule has 0 spiro atoms. The van der Waals surface area contributed by atoms with Crippen LogP contribution in [0.4, 0.5) is 5.69 Å². The molecule has 1 N–H and O–H groups in total. The van der Waals surface area contributed by atoms with Gasteiger partial charge in [0.25, 0.3) is 10.0 Å². The average molecular weight is 662 g/mol. The summed E-state index contributed by atoms with van der Waals surface area (Å²) in [5.41, 5.74) is 2.98. The molecule has 0 saturated heterocycles. The van der Waals surface area contributed by atoms with Gasteiger partial charge in [-0.15, -0.1) is 0 Å². The Bertz CT molecular complexity index is 1900. The Morgan fingerprint density at radius 1 is 0.729 bits per heavy atom. The van der Waals surface area contributed by atoms with Crippen molar-refractivity contribution in [2.45, 2.75) is 37.8 Å². The van der Waals surface area contributed by atoms with Crippen molar-refractivity contribution in [2.24, 2.45) is 0 Å². The van der Waals surface area contributed by atoms with Crippen molar-refractivity contribution in [3.63, 3.8) is 0 Å². The number of hydrogen-bond acceptors (Lipinski definition) is 5. The number of nitrogens with one attached hydrogen (secondary N) is 1. The highest BCUT2D eigenvalue weighted by molar-refractivity contribution is 7.92. The van der Waals surface area contributed by atoms with Crippen molar-refractivity contribution in [2.75, 3.05) is 17.4 Å². The fourth-order valence-electron chi connectivity index (χ4n) is 5.41. The minimum absolute atomic E-state index is 0.0391. The molecule has 2 amide bonds. The molecule has 0 radical (unpaired) electrons. The normalized spacial score (nSPS) is 11.7. The first-order valence-corrected chi connectivity index (χ1v) is 17.3. The van der Waals surface area contributed by atoms with E-state index in [2.05, 4.69) is 5.32 Å². The maximum Gasteiger partial charge on any atom is 0.264 e. The van der Waals surface area contributed by atoms with E-state index in [1.807, 2.05) is 98.8 Å². The summed E-state index contributed by atoms with van der Waals surface area (Å²) >= 11 is 0. The van der Waals surface area contributed by atoms with Crippen LogP contribution in [0.2, 0.25) is 0 Å². The minimum atomic E-state index is -4.20. The lowest BCUT2D eigenvalue weighted by Gasteiger charge is -2.34. The van der Waals surface area contributed by atoms with Gasteiger partial charge in [0.15, 0.2) is 0 Å². The molecule has 0 aromatic heterocycles. The number of sulfonamides is 1. The van der Waals surface area contributed by atoms with Crippen LogP contribution in [0.25, 0.3) is 0 Å². The molecule has 8 nitrogen and oxygen atoms in total. The van der Waals surface area contributed by atoms with Crippen LogP contribution >= 0.6 is 0 Å². The van der Waals surface area contributed by atoms with Gasteiger partial charge in [-0.3, -0.25) is 13.9 Å². The molecular formula is C39H39N3O5S. The van der Waals surface area contributed by atoms with Crippen LogP contribution in [0.15, 0.2) is 144 Å². The van der Waals surface area contributed by atoms with Crippen LogP contribution in [0.3, 0.4) is 0 Å². The van der Waals surface area contributed by atoms with E-state index in [0.29, 0.717) is 18.0 Å². The number of ether oxygens (including phenoxy) is 1. The number of hydrogen-bond donors (Lipinski definition) is 1. The molecule has 246 valence electrons. The first kappa shape index (κ1) is 33.9. The van der Waals surface area contributed by atoms with E-state index in [1.54, 1.807) is 42.5 Å². The van der Waals surface area contributed by atoms with Crippen molar-refractivity contribution in [3.8, 4) is 11.5 Å². The number of carbonyl (C=O) groups is 2. The zero-order valence-electron chi connectivity index (χ0n) is 27.0. The first-order chi connectivity index (χ1) is 23.2. The number of benzene rings is 5. The summed E-state index contributed by atoms with van der Waals surface area (Å²) in [6.45, 7) is 3.73. The molecule has 0 aliphatic rings. The minimum Gasteiger partial charge on any atom is -0.457 e. The summed E-state index contributed by atoms with van der Waals surface area (Å²) in [7, 11) is -4.20. The van der Waals surface area contributed by atoms with Gasteiger partial charge in [0.2, 0.25) is 11.8 Å². The zero-order chi connectivity index (χ0) is 33.9. The van der Waals surface area contributed by atoms with Gasteiger partial charge in [-0.25, -0.2) is 8.42 Å². The van der Waals surface area contributed by atoms with Crippen molar-refractivity contribution < 1.29 is 22.7 Å². The third kappa shape index (κ3) is 8.68. The van der Waals surface area contributed by atoms with Crippen molar-refractivity contribution in [3.05, 3.63) is 156 Å². The smallest absolute Gasteiger partial charge is 0.264 e. The van der Waals surface area contributed by atoms with Crippen LogP contribution < -0.4 is 14.4 Å². The van der Waals surface area contributed by atoms with Crippen LogP contribution in [-0.2, 0) is 32.6 Å². The molecule has 0 aliphatic carbocycles. The Labute approximate surface area is 282 Å². The molecule has 0 fully saturated rings. The molecule has 5 aromatic carbocycles. The second kappa shape index (κ2) is 15.9. The lowest BCUT2D eigenvalue weighted by Crippen LogP contribution is -2.53. The summed E-state index contributed by atoms with van der Waals surface area (Å²) in [5, 5.41) is 2.89. The maximum atomic E-state index is 14.6. The average Bonchev–Trinajstić information content (AvgIpc) is 3.10. The van der Waals surface area contributed by atoms with E-state index in [9.17, 15) is 18.0 Å². The number of likely N-dealkylation sites (N-methyl/N-ethyl adjacent to an activating group) is 1. The fraction of sp³-hybridized carbons (Fsp3) is 0.179. The van der Waals surface area contributed by atoms with Crippen molar-refractivity contribution in [1.29, 1.82) is 0 Å². The van der Waals surface area contributed by atoms with Crippen molar-refractivity contribution in [1.82, 2.24) is 10.2 Å². The van der Waals surface area contributed by atoms with Gasteiger partial charge in [0.1, 0.15) is 24.1 Å². The summed E-state index contributed by atoms with van der Waals surface area (Å²) in [5.74, 6) is 0.305. The quantitative estimate of drug-likeness (QED) is 0.142. The molecule has 0 saturated carbocycles. The van der Waals surface area contributed by atoms with Gasteiger partial charge in [-0.2, -0.15) is 0 Å². The second-order valence-corrected chi connectivity index (χ2v) is 13.2. The SMILES string of the molecule is CCNC(=O)[C@H](Cc1ccccc1)N(Cc1cccc(C)c1)C(=O)CN(c1ccc(Oc2ccccc2)cc1)S(=O)(=O)c1ccccc1. The summed E-state index contributed by atoms with van der Waals surface area (Å²) in [6.07, 6.45) is 0.251.